The number of urea groups is 1. The first-order valence-corrected chi connectivity index (χ1v) is 10.9. The Morgan fingerprint density at radius 3 is 2.56 bits per heavy atom. The summed E-state index contributed by atoms with van der Waals surface area (Å²) in [7, 11) is 0. The molecule has 3 atom stereocenters. The van der Waals surface area contributed by atoms with Gasteiger partial charge in [-0.15, -0.1) is 0 Å². The molecule has 1 aromatic rings. The number of hydrogen-bond donors (Lipinski definition) is 3. The summed E-state index contributed by atoms with van der Waals surface area (Å²) >= 11 is 0. The highest BCUT2D eigenvalue weighted by molar-refractivity contribution is 6.05. The molecule has 2 aliphatic heterocycles. The number of nitrogens with zero attached hydrogens (tertiary/aromatic N) is 2. The van der Waals surface area contributed by atoms with Crippen molar-refractivity contribution in [1.82, 2.24) is 20.7 Å². The zero-order valence-corrected chi connectivity index (χ0v) is 18.4. The van der Waals surface area contributed by atoms with Gasteiger partial charge in [0.05, 0.1) is 11.8 Å². The Morgan fingerprint density at radius 2 is 1.94 bits per heavy atom. The molecule has 2 heterocycles. The van der Waals surface area contributed by atoms with Crippen LogP contribution in [0.1, 0.15) is 32.3 Å². The lowest BCUT2D eigenvalue weighted by molar-refractivity contribution is -0.149. The van der Waals surface area contributed by atoms with Crippen molar-refractivity contribution in [2.75, 3.05) is 19.6 Å². The van der Waals surface area contributed by atoms with Gasteiger partial charge in [0, 0.05) is 19.6 Å². The van der Waals surface area contributed by atoms with E-state index in [0.717, 1.165) is 10.6 Å². The van der Waals surface area contributed by atoms with Crippen LogP contribution in [0, 0.1) is 17.8 Å². The van der Waals surface area contributed by atoms with Crippen LogP contribution in [0.3, 0.4) is 0 Å². The molecule has 3 N–H and O–H groups in total. The van der Waals surface area contributed by atoms with E-state index < -0.39 is 41.7 Å². The predicted octanol–water partition coefficient (Wildman–Crippen LogP) is 1.72. The topological polar surface area (TPSA) is 119 Å². The Labute approximate surface area is 187 Å². The van der Waals surface area contributed by atoms with Crippen molar-refractivity contribution in [2.24, 2.45) is 17.8 Å². The summed E-state index contributed by atoms with van der Waals surface area (Å²) in [6.45, 7) is 5.07. The van der Waals surface area contributed by atoms with Crippen LogP contribution in [0.4, 0.5) is 4.79 Å². The molecule has 0 aromatic heterocycles. The van der Waals surface area contributed by atoms with Gasteiger partial charge in [-0.05, 0) is 24.3 Å². The van der Waals surface area contributed by atoms with E-state index >= 15 is 0 Å². The maximum Gasteiger partial charge on any atom is 0.346 e. The number of hydrazine groups is 1. The highest BCUT2D eigenvalue weighted by atomic mass is 16.4. The average Bonchev–Trinajstić information content (AvgIpc) is 3.01. The molecule has 0 bridgehead atoms. The molecule has 1 unspecified atom stereocenters. The van der Waals surface area contributed by atoms with Gasteiger partial charge in [-0.3, -0.25) is 19.8 Å². The van der Waals surface area contributed by atoms with Crippen molar-refractivity contribution in [1.29, 1.82) is 0 Å². The van der Waals surface area contributed by atoms with E-state index in [0.29, 0.717) is 26.1 Å². The zero-order valence-electron chi connectivity index (χ0n) is 18.4. The van der Waals surface area contributed by atoms with Crippen molar-refractivity contribution in [3.8, 4) is 0 Å². The largest absolute Gasteiger partial charge is 0.481 e. The van der Waals surface area contributed by atoms with E-state index in [1.165, 1.54) is 4.90 Å². The highest BCUT2D eigenvalue weighted by Gasteiger charge is 2.48. The minimum Gasteiger partial charge on any atom is -0.481 e. The molecule has 2 aliphatic rings. The fraction of sp³-hybridized carbons (Fsp3) is 0.478. The summed E-state index contributed by atoms with van der Waals surface area (Å²) in [4.78, 5) is 51.9. The van der Waals surface area contributed by atoms with Gasteiger partial charge in [0.2, 0.25) is 5.91 Å². The van der Waals surface area contributed by atoms with E-state index in [4.69, 9.17) is 0 Å². The second-order valence-electron chi connectivity index (χ2n) is 8.58. The molecule has 0 aliphatic carbocycles. The molecule has 9 heteroatoms. The SMILES string of the molecule is CC(C)C[C@@H](C(=O)NN1C(=O)[C@@H]2CNCCN2C1=O)C(C/C=C/c1ccccc1)C(=O)O. The number of carboxylic acids is 1. The van der Waals surface area contributed by atoms with E-state index in [1.807, 2.05) is 50.3 Å². The molecule has 3 rings (SSSR count). The lowest BCUT2D eigenvalue weighted by Gasteiger charge is -2.27. The minimum absolute atomic E-state index is 0.0474. The fourth-order valence-corrected chi connectivity index (χ4v) is 4.14. The molecular weight excluding hydrogens is 412 g/mol. The van der Waals surface area contributed by atoms with Gasteiger partial charge in [0.25, 0.3) is 5.91 Å². The van der Waals surface area contributed by atoms with Crippen LogP contribution in [0.25, 0.3) is 6.08 Å². The number of aliphatic carboxylic acids is 1. The number of carbonyl (C=O) groups excluding carboxylic acids is 3. The molecule has 4 amide bonds. The number of carbonyl (C=O) groups is 4. The molecule has 1 aromatic carbocycles. The van der Waals surface area contributed by atoms with Crippen LogP contribution >= 0.6 is 0 Å². The van der Waals surface area contributed by atoms with E-state index in [2.05, 4.69) is 10.7 Å². The van der Waals surface area contributed by atoms with Gasteiger partial charge in [-0.2, -0.15) is 5.01 Å². The van der Waals surface area contributed by atoms with Crippen LogP contribution < -0.4 is 10.7 Å². The van der Waals surface area contributed by atoms with Crippen molar-refractivity contribution >= 4 is 29.9 Å². The summed E-state index contributed by atoms with van der Waals surface area (Å²) in [6.07, 6.45) is 4.02. The monoisotopic (exact) mass is 442 g/mol. The van der Waals surface area contributed by atoms with Crippen LogP contribution in [0.5, 0.6) is 0 Å². The highest BCUT2D eigenvalue weighted by Crippen LogP contribution is 2.26. The smallest absolute Gasteiger partial charge is 0.346 e. The third kappa shape index (κ3) is 5.34. The molecule has 0 radical (unpaired) electrons. The van der Waals surface area contributed by atoms with Gasteiger partial charge >= 0.3 is 12.0 Å². The lowest BCUT2D eigenvalue weighted by Crippen LogP contribution is -2.51. The summed E-state index contributed by atoms with van der Waals surface area (Å²) in [6, 6.07) is 8.24. The number of carboxylic acid groups (broad SMARTS) is 1. The standard InChI is InChI=1S/C23H30N4O5/c1-15(2)13-18(17(22(30)31)10-6-9-16-7-4-3-5-8-16)20(28)25-27-21(29)19-14-24-11-12-26(19)23(27)32/h3-9,15,17-19,24H,10-14H2,1-2H3,(H,25,28)(H,30,31)/b9-6+/t17?,18-,19+/m1/s1. The Kier molecular flexibility index (Phi) is 7.63. The first-order chi connectivity index (χ1) is 15.3. The number of fused-ring (bicyclic) bond motifs is 1. The van der Waals surface area contributed by atoms with Gasteiger partial charge in [0.1, 0.15) is 6.04 Å². The quantitative estimate of drug-likeness (QED) is 0.501. The number of amides is 4. The fourth-order valence-electron chi connectivity index (χ4n) is 4.14. The Hall–Kier alpha value is -3.20. The Morgan fingerprint density at radius 1 is 1.22 bits per heavy atom. The van der Waals surface area contributed by atoms with Gasteiger partial charge in [-0.25, -0.2) is 4.79 Å². The maximum atomic E-state index is 13.1. The lowest BCUT2D eigenvalue weighted by atomic mass is 9.82. The number of nitrogens with one attached hydrogen (secondary N) is 2. The number of hydrogen-bond acceptors (Lipinski definition) is 5. The summed E-state index contributed by atoms with van der Waals surface area (Å²) in [5, 5.41) is 13.7. The molecule has 0 spiro atoms. The minimum atomic E-state index is -1.09. The van der Waals surface area contributed by atoms with Crippen molar-refractivity contribution in [3.63, 3.8) is 0 Å². The molecular formula is C23H30N4O5. The van der Waals surface area contributed by atoms with E-state index in [1.54, 1.807) is 6.08 Å². The number of imide groups is 1. The van der Waals surface area contributed by atoms with E-state index in [9.17, 15) is 24.3 Å². The van der Waals surface area contributed by atoms with Crippen LogP contribution in [-0.4, -0.2) is 64.5 Å². The molecule has 2 fully saturated rings. The summed E-state index contributed by atoms with van der Waals surface area (Å²) in [5.41, 5.74) is 3.35. The van der Waals surface area contributed by atoms with Crippen LogP contribution in [-0.2, 0) is 14.4 Å². The normalized spacial score (nSPS) is 20.5. The predicted molar refractivity (Wildman–Crippen MR) is 118 cm³/mol. The number of rotatable bonds is 9. The molecule has 2 saturated heterocycles. The molecule has 9 nitrogen and oxygen atoms in total. The molecule has 172 valence electrons. The van der Waals surface area contributed by atoms with Crippen molar-refractivity contribution < 1.29 is 24.3 Å². The second-order valence-corrected chi connectivity index (χ2v) is 8.58. The van der Waals surface area contributed by atoms with Gasteiger partial charge in [-0.1, -0.05) is 56.3 Å². The van der Waals surface area contributed by atoms with Crippen molar-refractivity contribution in [3.05, 3.63) is 42.0 Å². The first kappa shape index (κ1) is 23.5. The van der Waals surface area contributed by atoms with Crippen LogP contribution in [0.15, 0.2) is 36.4 Å². The third-order valence-electron chi connectivity index (χ3n) is 5.77. The summed E-state index contributed by atoms with van der Waals surface area (Å²) in [5.74, 6) is -4.07. The Balaban J connectivity index is 1.75. The van der Waals surface area contributed by atoms with Crippen LogP contribution in [0.2, 0.25) is 0 Å². The maximum absolute atomic E-state index is 13.1. The van der Waals surface area contributed by atoms with E-state index in [-0.39, 0.29) is 12.3 Å². The molecule has 32 heavy (non-hydrogen) atoms. The number of benzene rings is 1. The Bertz CT molecular complexity index is 862. The van der Waals surface area contributed by atoms with Gasteiger partial charge in [0.15, 0.2) is 0 Å². The number of allylic oxidation sites excluding steroid dienone is 1. The van der Waals surface area contributed by atoms with Crippen molar-refractivity contribution in [2.45, 2.75) is 32.7 Å². The zero-order chi connectivity index (χ0) is 23.3. The second kappa shape index (κ2) is 10.4. The van der Waals surface area contributed by atoms with Gasteiger partial charge < -0.3 is 15.3 Å². The average molecular weight is 443 g/mol. The third-order valence-corrected chi connectivity index (χ3v) is 5.77. The number of piperazine rings is 1. The molecule has 0 saturated carbocycles. The summed E-state index contributed by atoms with van der Waals surface area (Å²) < 4.78 is 0. The first-order valence-electron chi connectivity index (χ1n) is 10.9.